The van der Waals surface area contributed by atoms with Crippen LogP contribution in [0.25, 0.3) is 112 Å². The van der Waals surface area contributed by atoms with Gasteiger partial charge >= 0.3 is 0 Å². The summed E-state index contributed by atoms with van der Waals surface area (Å²) in [6.07, 6.45) is 1.82. The first-order valence-electron chi connectivity index (χ1n) is 19.6. The molecule has 4 aromatic heterocycles. The zero-order valence-corrected chi connectivity index (χ0v) is 31.7. The summed E-state index contributed by atoms with van der Waals surface area (Å²) in [6.45, 7) is 0. The third-order valence-corrected chi connectivity index (χ3v) is 10.9. The smallest absolute Gasteiger partial charge is 0.228 e. The van der Waals surface area contributed by atoms with Crippen LogP contribution in [0.15, 0.2) is 205 Å². The summed E-state index contributed by atoms with van der Waals surface area (Å²) in [5.74, 6) is 1.90. The Balaban J connectivity index is 0.879. The maximum Gasteiger partial charge on any atom is 0.228 e. The van der Waals surface area contributed by atoms with Gasteiger partial charge in [-0.2, -0.15) is 0 Å². The molecule has 59 heavy (non-hydrogen) atoms. The molecule has 0 unspecified atom stereocenters. The summed E-state index contributed by atoms with van der Waals surface area (Å²) in [4.78, 5) is 24.4. The van der Waals surface area contributed by atoms with Crippen LogP contribution in [0.4, 0.5) is 0 Å². The SMILES string of the molecule is c1ccc(-c2ccc(-c3nc(-c4ccccc4)nc(-c4ccc(-c5ccc(-c6ccc(-c7c8ncccc8nc8oc9ccccc9c78)cc6)cc5)cc4)n3)cc2)cc1. The fourth-order valence-corrected chi connectivity index (χ4v) is 7.83. The molecule has 276 valence electrons. The first-order chi connectivity index (χ1) is 29.2. The van der Waals surface area contributed by atoms with E-state index in [0.717, 1.165) is 83.0 Å². The van der Waals surface area contributed by atoms with Crippen LogP contribution in [-0.2, 0) is 0 Å². The highest BCUT2D eigenvalue weighted by Gasteiger charge is 2.19. The van der Waals surface area contributed by atoms with Gasteiger partial charge in [-0.1, -0.05) is 176 Å². The number of nitrogens with zero attached hydrogens (tertiary/aromatic N) is 5. The van der Waals surface area contributed by atoms with E-state index in [2.05, 4.69) is 127 Å². The lowest BCUT2D eigenvalue weighted by molar-refractivity contribution is 0.656. The van der Waals surface area contributed by atoms with Crippen molar-refractivity contribution in [2.45, 2.75) is 0 Å². The molecule has 0 aliphatic heterocycles. The Morgan fingerprint density at radius 3 is 1.25 bits per heavy atom. The van der Waals surface area contributed by atoms with Crippen LogP contribution in [-0.4, -0.2) is 24.9 Å². The van der Waals surface area contributed by atoms with E-state index in [9.17, 15) is 0 Å². The molecule has 0 saturated carbocycles. The van der Waals surface area contributed by atoms with Crippen LogP contribution < -0.4 is 0 Å². The Bertz CT molecular complexity index is 3270. The first kappa shape index (κ1) is 34.2. The molecule has 0 spiro atoms. The molecule has 0 atom stereocenters. The number of hydrogen-bond donors (Lipinski definition) is 0. The first-order valence-corrected chi connectivity index (χ1v) is 19.6. The van der Waals surface area contributed by atoms with Crippen molar-refractivity contribution in [3.63, 3.8) is 0 Å². The average Bonchev–Trinajstić information content (AvgIpc) is 3.69. The predicted molar refractivity (Wildman–Crippen MR) is 238 cm³/mol. The predicted octanol–water partition coefficient (Wildman–Crippen LogP) is 13.4. The zero-order valence-electron chi connectivity index (χ0n) is 31.7. The molecule has 11 aromatic rings. The molecular formula is C53H33N5O. The number of fused-ring (bicyclic) bond motifs is 4. The van der Waals surface area contributed by atoms with Gasteiger partial charge in [-0.15, -0.1) is 0 Å². The number of rotatable bonds is 7. The van der Waals surface area contributed by atoms with E-state index < -0.39 is 0 Å². The zero-order chi connectivity index (χ0) is 39.1. The lowest BCUT2D eigenvalue weighted by atomic mass is 9.95. The summed E-state index contributed by atoms with van der Waals surface area (Å²) in [6, 6.07) is 66.7. The molecule has 0 N–H and O–H groups in total. The topological polar surface area (TPSA) is 77.6 Å². The molecular weight excluding hydrogens is 723 g/mol. The third-order valence-electron chi connectivity index (χ3n) is 10.9. The van der Waals surface area contributed by atoms with Crippen LogP contribution in [0.5, 0.6) is 0 Å². The highest BCUT2D eigenvalue weighted by molar-refractivity contribution is 6.17. The highest BCUT2D eigenvalue weighted by Crippen LogP contribution is 2.40. The van der Waals surface area contributed by atoms with Gasteiger partial charge in [0, 0.05) is 33.8 Å². The van der Waals surface area contributed by atoms with Crippen molar-refractivity contribution in [2.75, 3.05) is 0 Å². The minimum atomic E-state index is 0.620. The molecule has 0 aliphatic carbocycles. The van der Waals surface area contributed by atoms with Crippen molar-refractivity contribution in [3.05, 3.63) is 200 Å². The van der Waals surface area contributed by atoms with Crippen LogP contribution in [0.3, 0.4) is 0 Å². The molecule has 0 saturated heterocycles. The number of benzene rings is 7. The standard InChI is InChI=1S/C53H33N5O/c1-3-10-34(11-4-1)35-23-29-42(30-24-35)51-56-50(41-12-5-2-6-13-41)57-52(58-51)43-31-25-39(26-32-43)37-19-17-36(18-20-37)38-21-27-40(28-22-38)47-48-44-14-7-8-16-46(44)59-53(48)55-45-15-9-33-54-49(45)47/h1-33H. The monoisotopic (exact) mass is 755 g/mol. The molecule has 0 amide bonds. The van der Waals surface area contributed by atoms with E-state index in [4.69, 9.17) is 29.3 Å². The second-order valence-corrected chi connectivity index (χ2v) is 14.5. The molecule has 11 rings (SSSR count). The number of pyridine rings is 2. The maximum absolute atomic E-state index is 6.20. The molecule has 6 heteroatoms. The van der Waals surface area contributed by atoms with Gasteiger partial charge in [0.25, 0.3) is 0 Å². The Morgan fingerprint density at radius 2 is 0.729 bits per heavy atom. The molecule has 7 aromatic carbocycles. The van der Waals surface area contributed by atoms with Gasteiger partial charge in [0.15, 0.2) is 17.5 Å². The van der Waals surface area contributed by atoms with E-state index in [1.54, 1.807) is 0 Å². The second kappa shape index (κ2) is 14.4. The lowest BCUT2D eigenvalue weighted by Gasteiger charge is -2.10. The summed E-state index contributed by atoms with van der Waals surface area (Å²) < 4.78 is 6.20. The summed E-state index contributed by atoms with van der Waals surface area (Å²) in [5.41, 5.74) is 14.8. The van der Waals surface area contributed by atoms with Gasteiger partial charge in [0.1, 0.15) is 5.58 Å². The Morgan fingerprint density at radius 1 is 0.322 bits per heavy atom. The van der Waals surface area contributed by atoms with Gasteiger partial charge in [-0.05, 0) is 57.1 Å². The molecule has 6 nitrogen and oxygen atoms in total. The van der Waals surface area contributed by atoms with Crippen molar-refractivity contribution in [2.24, 2.45) is 0 Å². The number of aromatic nitrogens is 5. The Labute approximate surface area is 340 Å². The largest absolute Gasteiger partial charge is 0.438 e. The van der Waals surface area contributed by atoms with Crippen molar-refractivity contribution in [1.29, 1.82) is 0 Å². The van der Waals surface area contributed by atoms with E-state index in [1.165, 1.54) is 5.56 Å². The summed E-state index contributed by atoms with van der Waals surface area (Å²) in [5, 5.41) is 2.02. The summed E-state index contributed by atoms with van der Waals surface area (Å²) >= 11 is 0. The second-order valence-electron chi connectivity index (χ2n) is 14.5. The van der Waals surface area contributed by atoms with Crippen LogP contribution in [0.1, 0.15) is 0 Å². The van der Waals surface area contributed by atoms with Crippen molar-refractivity contribution in [3.8, 4) is 78.7 Å². The highest BCUT2D eigenvalue weighted by atomic mass is 16.3. The number of hydrogen-bond acceptors (Lipinski definition) is 6. The Hall–Kier alpha value is -8.09. The van der Waals surface area contributed by atoms with E-state index in [0.29, 0.717) is 23.2 Å². The fraction of sp³-hybridized carbons (Fsp3) is 0. The van der Waals surface area contributed by atoms with Crippen LogP contribution in [0.2, 0.25) is 0 Å². The Kier molecular flexibility index (Phi) is 8.37. The number of furan rings is 1. The van der Waals surface area contributed by atoms with Crippen molar-refractivity contribution >= 4 is 33.1 Å². The van der Waals surface area contributed by atoms with Crippen molar-refractivity contribution in [1.82, 2.24) is 24.9 Å². The van der Waals surface area contributed by atoms with Gasteiger partial charge in [0.05, 0.1) is 16.4 Å². The fourth-order valence-electron chi connectivity index (χ4n) is 7.83. The van der Waals surface area contributed by atoms with Crippen LogP contribution in [0, 0.1) is 0 Å². The molecule has 0 aliphatic rings. The minimum absolute atomic E-state index is 0.620. The van der Waals surface area contributed by atoms with Crippen molar-refractivity contribution < 1.29 is 4.42 Å². The van der Waals surface area contributed by atoms with Gasteiger partial charge in [-0.3, -0.25) is 4.98 Å². The van der Waals surface area contributed by atoms with E-state index >= 15 is 0 Å². The van der Waals surface area contributed by atoms with Gasteiger partial charge < -0.3 is 4.42 Å². The quantitative estimate of drug-likeness (QED) is 0.161. The molecule has 0 bridgehead atoms. The van der Waals surface area contributed by atoms with Gasteiger partial charge in [-0.25, -0.2) is 19.9 Å². The molecule has 0 fully saturated rings. The number of para-hydroxylation sites is 1. The maximum atomic E-state index is 6.20. The van der Waals surface area contributed by atoms with E-state index in [-0.39, 0.29) is 0 Å². The average molecular weight is 756 g/mol. The minimum Gasteiger partial charge on any atom is -0.438 e. The normalized spacial score (nSPS) is 11.4. The van der Waals surface area contributed by atoms with Gasteiger partial charge in [0.2, 0.25) is 5.71 Å². The van der Waals surface area contributed by atoms with Crippen LogP contribution >= 0.6 is 0 Å². The lowest BCUT2D eigenvalue weighted by Crippen LogP contribution is -2.00. The molecule has 0 radical (unpaired) electrons. The molecule has 4 heterocycles. The summed E-state index contributed by atoms with van der Waals surface area (Å²) in [7, 11) is 0. The van der Waals surface area contributed by atoms with E-state index in [1.807, 2.05) is 72.9 Å². The third kappa shape index (κ3) is 6.39.